The number of allylic oxidation sites excluding steroid dienone is 6. The van der Waals surface area contributed by atoms with E-state index in [0.717, 1.165) is 62.0 Å². The Morgan fingerprint density at radius 3 is 2.93 bits per heavy atom. The highest BCUT2D eigenvalue weighted by Crippen LogP contribution is 2.23. The number of hydrogen-bond donors (Lipinski definition) is 0. The standard InChI is InChI=1S/C24H26N2O/c1-2-7-20(8-3-1)21-12-16-26(17-13-21)15-4-5-18-27-23-10-11-24-22(19-23)9-6-14-25-24/h1-2,6,8-14,16,19H,3-5,7,15,17-18H2. The van der Waals surface area contributed by atoms with Crippen LogP contribution in [0.2, 0.25) is 0 Å². The fraction of sp³-hybridized carbons (Fsp3) is 0.292. The summed E-state index contributed by atoms with van der Waals surface area (Å²) in [5.41, 5.74) is 3.87. The van der Waals surface area contributed by atoms with Crippen LogP contribution < -0.4 is 4.74 Å². The molecule has 1 aromatic heterocycles. The van der Waals surface area contributed by atoms with Crippen molar-refractivity contribution in [3.05, 3.63) is 84.3 Å². The Bertz CT molecular complexity index is 907. The van der Waals surface area contributed by atoms with E-state index in [-0.39, 0.29) is 0 Å². The minimum Gasteiger partial charge on any atom is -0.494 e. The smallest absolute Gasteiger partial charge is 0.120 e. The van der Waals surface area contributed by atoms with Crippen molar-refractivity contribution in [3.8, 4) is 5.75 Å². The van der Waals surface area contributed by atoms with Crippen LogP contribution in [-0.2, 0) is 0 Å². The van der Waals surface area contributed by atoms with Gasteiger partial charge in [-0.3, -0.25) is 4.98 Å². The van der Waals surface area contributed by atoms with Gasteiger partial charge in [-0.2, -0.15) is 0 Å². The fourth-order valence-electron chi connectivity index (χ4n) is 3.52. The molecule has 0 radical (unpaired) electrons. The molecule has 0 unspecified atom stereocenters. The molecular formula is C24H26N2O. The van der Waals surface area contributed by atoms with Crippen LogP contribution in [0.1, 0.15) is 25.7 Å². The summed E-state index contributed by atoms with van der Waals surface area (Å²) in [6, 6.07) is 10.1. The molecule has 1 aliphatic heterocycles. The highest BCUT2D eigenvalue weighted by Gasteiger charge is 2.09. The van der Waals surface area contributed by atoms with Gasteiger partial charge in [0, 0.05) is 24.7 Å². The van der Waals surface area contributed by atoms with Crippen LogP contribution in [0, 0.1) is 0 Å². The summed E-state index contributed by atoms with van der Waals surface area (Å²) in [6.45, 7) is 2.83. The molecule has 3 nitrogen and oxygen atoms in total. The first-order valence-electron chi connectivity index (χ1n) is 9.83. The maximum absolute atomic E-state index is 5.91. The lowest BCUT2D eigenvalue weighted by Gasteiger charge is -2.23. The van der Waals surface area contributed by atoms with Gasteiger partial charge >= 0.3 is 0 Å². The third-order valence-corrected chi connectivity index (χ3v) is 5.07. The molecule has 0 atom stereocenters. The summed E-state index contributed by atoms with van der Waals surface area (Å²) in [6.07, 6.45) is 19.8. The highest BCUT2D eigenvalue weighted by atomic mass is 16.5. The van der Waals surface area contributed by atoms with Gasteiger partial charge < -0.3 is 9.64 Å². The van der Waals surface area contributed by atoms with Crippen molar-refractivity contribution in [3.63, 3.8) is 0 Å². The van der Waals surface area contributed by atoms with Crippen molar-refractivity contribution in [2.75, 3.05) is 19.7 Å². The lowest BCUT2D eigenvalue weighted by atomic mass is 9.96. The molecule has 0 N–H and O–H groups in total. The predicted molar refractivity (Wildman–Crippen MR) is 112 cm³/mol. The summed E-state index contributed by atoms with van der Waals surface area (Å²) in [5.74, 6) is 0.927. The number of unbranched alkanes of at least 4 members (excludes halogenated alkanes) is 1. The van der Waals surface area contributed by atoms with Crippen LogP contribution in [0.25, 0.3) is 10.9 Å². The van der Waals surface area contributed by atoms with Crippen LogP contribution in [0.15, 0.2) is 84.3 Å². The monoisotopic (exact) mass is 358 g/mol. The summed E-state index contributed by atoms with van der Waals surface area (Å²) in [5, 5.41) is 1.12. The lowest BCUT2D eigenvalue weighted by Crippen LogP contribution is -2.21. The Labute approximate surface area is 161 Å². The second-order valence-corrected chi connectivity index (χ2v) is 7.02. The number of ether oxygens (including phenoxy) is 1. The molecular weight excluding hydrogens is 332 g/mol. The van der Waals surface area contributed by atoms with E-state index < -0.39 is 0 Å². The number of benzene rings is 1. The molecule has 1 aliphatic carbocycles. The second kappa shape index (κ2) is 8.72. The first-order chi connectivity index (χ1) is 13.4. The zero-order chi connectivity index (χ0) is 18.3. The molecule has 138 valence electrons. The summed E-state index contributed by atoms with van der Waals surface area (Å²) < 4.78 is 5.91. The van der Waals surface area contributed by atoms with Gasteiger partial charge in [-0.25, -0.2) is 0 Å². The molecule has 0 saturated heterocycles. The molecule has 0 saturated carbocycles. The van der Waals surface area contributed by atoms with Crippen molar-refractivity contribution in [2.24, 2.45) is 0 Å². The summed E-state index contributed by atoms with van der Waals surface area (Å²) >= 11 is 0. The Hall–Kier alpha value is -2.81. The van der Waals surface area contributed by atoms with Crippen molar-refractivity contribution in [2.45, 2.75) is 25.7 Å². The maximum atomic E-state index is 5.91. The molecule has 2 aromatic rings. The minimum absolute atomic E-state index is 0.754. The van der Waals surface area contributed by atoms with Gasteiger partial charge in [0.2, 0.25) is 0 Å². The number of nitrogens with zero attached hydrogens (tertiary/aromatic N) is 2. The van der Waals surface area contributed by atoms with Gasteiger partial charge in [-0.15, -0.1) is 0 Å². The van der Waals surface area contributed by atoms with Crippen molar-refractivity contribution in [1.29, 1.82) is 0 Å². The van der Waals surface area contributed by atoms with E-state index in [0.29, 0.717) is 0 Å². The minimum atomic E-state index is 0.754. The number of fused-ring (bicyclic) bond motifs is 1. The first kappa shape index (κ1) is 17.6. The van der Waals surface area contributed by atoms with Gasteiger partial charge in [-0.1, -0.05) is 30.4 Å². The van der Waals surface area contributed by atoms with Gasteiger partial charge in [0.25, 0.3) is 0 Å². The largest absolute Gasteiger partial charge is 0.494 e. The fourth-order valence-corrected chi connectivity index (χ4v) is 3.52. The number of pyridine rings is 1. The molecule has 3 heteroatoms. The zero-order valence-corrected chi connectivity index (χ0v) is 15.7. The Kier molecular flexibility index (Phi) is 5.68. The number of rotatable bonds is 7. The maximum Gasteiger partial charge on any atom is 0.120 e. The molecule has 0 amide bonds. The average Bonchev–Trinajstić information content (AvgIpc) is 2.74. The highest BCUT2D eigenvalue weighted by molar-refractivity contribution is 5.79. The van der Waals surface area contributed by atoms with E-state index in [1.807, 2.05) is 24.4 Å². The normalized spacial score (nSPS) is 16.4. The van der Waals surface area contributed by atoms with E-state index in [4.69, 9.17) is 4.74 Å². The molecule has 0 bridgehead atoms. The van der Waals surface area contributed by atoms with Crippen LogP contribution >= 0.6 is 0 Å². The predicted octanol–water partition coefficient (Wildman–Crippen LogP) is 5.43. The SMILES string of the molecule is C1=CCC(C2=CCN(CCCCOc3ccc4ncccc4c3)C=C2)=CC1. The Morgan fingerprint density at radius 2 is 2.07 bits per heavy atom. The van der Waals surface area contributed by atoms with Gasteiger partial charge in [0.15, 0.2) is 0 Å². The lowest BCUT2D eigenvalue weighted by molar-refractivity contribution is 0.294. The van der Waals surface area contributed by atoms with Gasteiger partial charge in [0.05, 0.1) is 12.1 Å². The first-order valence-corrected chi connectivity index (χ1v) is 9.83. The van der Waals surface area contributed by atoms with E-state index in [9.17, 15) is 0 Å². The van der Waals surface area contributed by atoms with Crippen LogP contribution in [0.4, 0.5) is 0 Å². The summed E-state index contributed by atoms with van der Waals surface area (Å²) in [4.78, 5) is 6.72. The molecule has 4 rings (SSSR count). The zero-order valence-electron chi connectivity index (χ0n) is 15.7. The summed E-state index contributed by atoms with van der Waals surface area (Å²) in [7, 11) is 0. The van der Waals surface area contributed by atoms with Crippen LogP contribution in [0.5, 0.6) is 5.75 Å². The van der Waals surface area contributed by atoms with E-state index in [1.54, 1.807) is 0 Å². The average molecular weight is 358 g/mol. The van der Waals surface area contributed by atoms with Crippen molar-refractivity contribution in [1.82, 2.24) is 9.88 Å². The van der Waals surface area contributed by atoms with E-state index in [2.05, 4.69) is 58.6 Å². The number of aromatic nitrogens is 1. The third kappa shape index (κ3) is 4.68. The third-order valence-electron chi connectivity index (χ3n) is 5.07. The Balaban J connectivity index is 1.17. The molecule has 2 heterocycles. The Morgan fingerprint density at radius 1 is 1.07 bits per heavy atom. The quantitative estimate of drug-likeness (QED) is 0.488. The van der Waals surface area contributed by atoms with Crippen LogP contribution in [0.3, 0.4) is 0 Å². The number of hydrogen-bond acceptors (Lipinski definition) is 3. The van der Waals surface area contributed by atoms with Crippen molar-refractivity contribution >= 4 is 10.9 Å². The molecule has 0 spiro atoms. The molecule has 1 aromatic carbocycles. The van der Waals surface area contributed by atoms with E-state index in [1.165, 1.54) is 11.1 Å². The topological polar surface area (TPSA) is 25.4 Å². The van der Waals surface area contributed by atoms with Gasteiger partial charge in [-0.05, 0) is 73.4 Å². The van der Waals surface area contributed by atoms with Crippen molar-refractivity contribution < 1.29 is 4.74 Å². The van der Waals surface area contributed by atoms with E-state index >= 15 is 0 Å². The molecule has 2 aliphatic rings. The molecule has 0 fully saturated rings. The second-order valence-electron chi connectivity index (χ2n) is 7.02. The molecule has 27 heavy (non-hydrogen) atoms. The van der Waals surface area contributed by atoms with Gasteiger partial charge in [0.1, 0.15) is 5.75 Å². The van der Waals surface area contributed by atoms with Crippen LogP contribution in [-0.4, -0.2) is 29.6 Å².